The van der Waals surface area contributed by atoms with Crippen LogP contribution in [-0.2, 0) is 0 Å². The van der Waals surface area contributed by atoms with Gasteiger partial charge in [-0.25, -0.2) is 9.50 Å². The third-order valence-corrected chi connectivity index (χ3v) is 6.39. The predicted molar refractivity (Wildman–Crippen MR) is 116 cm³/mol. The number of rotatable bonds is 9. The van der Waals surface area contributed by atoms with E-state index >= 15 is 0 Å². The third-order valence-electron chi connectivity index (χ3n) is 6.39. The second-order valence-corrected chi connectivity index (χ2v) is 8.64. The van der Waals surface area contributed by atoms with Crippen LogP contribution in [0.4, 0.5) is 5.95 Å². The number of fused-ring (bicyclic) bond motifs is 1. The number of aromatic nitrogens is 3. The van der Waals surface area contributed by atoms with E-state index in [1.807, 2.05) is 6.20 Å². The maximum atomic E-state index is 9.95. The number of anilines is 1. The van der Waals surface area contributed by atoms with Crippen LogP contribution in [0.1, 0.15) is 109 Å². The van der Waals surface area contributed by atoms with Gasteiger partial charge in [0.2, 0.25) is 5.95 Å². The first-order valence-electron chi connectivity index (χ1n) is 11.4. The fraction of sp³-hybridized carbons (Fsp3) is 0.739. The van der Waals surface area contributed by atoms with E-state index in [-0.39, 0.29) is 6.10 Å². The van der Waals surface area contributed by atoms with Gasteiger partial charge in [-0.2, -0.15) is 0 Å². The zero-order valence-electron chi connectivity index (χ0n) is 18.1. The minimum Gasteiger partial charge on any atom is -0.393 e. The first-order valence-corrected chi connectivity index (χ1v) is 11.4. The first-order chi connectivity index (χ1) is 13.6. The molecule has 0 aliphatic heterocycles. The van der Waals surface area contributed by atoms with Crippen molar-refractivity contribution in [1.82, 2.24) is 14.6 Å². The van der Waals surface area contributed by atoms with Gasteiger partial charge in [0.1, 0.15) is 0 Å². The molecule has 3 rings (SSSR count). The first kappa shape index (κ1) is 21.1. The molecule has 1 saturated carbocycles. The van der Waals surface area contributed by atoms with Crippen molar-refractivity contribution in [3.8, 4) is 0 Å². The molecule has 5 heteroatoms. The van der Waals surface area contributed by atoms with Gasteiger partial charge in [0.25, 0.3) is 0 Å². The molecule has 1 aliphatic carbocycles. The minimum absolute atomic E-state index is 0.132. The second-order valence-electron chi connectivity index (χ2n) is 8.64. The number of aliphatic hydroxyl groups excluding tert-OH is 1. The van der Waals surface area contributed by atoms with Crippen LogP contribution >= 0.6 is 0 Å². The van der Waals surface area contributed by atoms with Gasteiger partial charge in [0.05, 0.1) is 17.8 Å². The van der Waals surface area contributed by atoms with Crippen LogP contribution in [0.15, 0.2) is 12.3 Å². The van der Waals surface area contributed by atoms with Crippen LogP contribution in [0, 0.1) is 0 Å². The lowest BCUT2D eigenvalue weighted by Gasteiger charge is -2.25. The van der Waals surface area contributed by atoms with E-state index in [0.29, 0.717) is 23.8 Å². The van der Waals surface area contributed by atoms with E-state index < -0.39 is 0 Å². The smallest absolute Gasteiger partial charge is 0.241 e. The molecule has 2 aromatic heterocycles. The Morgan fingerprint density at radius 1 is 1.14 bits per heavy atom. The van der Waals surface area contributed by atoms with Crippen molar-refractivity contribution >= 4 is 11.5 Å². The van der Waals surface area contributed by atoms with E-state index in [1.165, 1.54) is 42.5 Å². The topological polar surface area (TPSA) is 62.5 Å². The van der Waals surface area contributed by atoms with Gasteiger partial charge in [-0.15, -0.1) is 5.10 Å². The molecule has 2 aromatic rings. The molecule has 0 radical (unpaired) electrons. The molecule has 1 fully saturated rings. The van der Waals surface area contributed by atoms with Crippen molar-refractivity contribution in [3.05, 3.63) is 23.5 Å². The Balaban J connectivity index is 2.03. The summed E-state index contributed by atoms with van der Waals surface area (Å²) in [6.45, 7) is 8.88. The van der Waals surface area contributed by atoms with Gasteiger partial charge in [0, 0.05) is 17.7 Å². The van der Waals surface area contributed by atoms with Crippen LogP contribution in [0.5, 0.6) is 0 Å². The highest BCUT2D eigenvalue weighted by Crippen LogP contribution is 2.38. The Labute approximate surface area is 169 Å². The summed E-state index contributed by atoms with van der Waals surface area (Å²) in [6, 6.07) is 2.77. The number of aliphatic hydroxyl groups is 1. The van der Waals surface area contributed by atoms with E-state index in [0.717, 1.165) is 32.1 Å². The summed E-state index contributed by atoms with van der Waals surface area (Å²) in [5.74, 6) is 1.76. The van der Waals surface area contributed by atoms with Crippen molar-refractivity contribution in [3.63, 3.8) is 0 Å². The monoisotopic (exact) mass is 386 g/mol. The average molecular weight is 387 g/mol. The molecule has 28 heavy (non-hydrogen) atoms. The predicted octanol–water partition coefficient (Wildman–Crippen LogP) is 5.64. The fourth-order valence-electron chi connectivity index (χ4n) is 4.57. The number of hydrogen-bond donors (Lipinski definition) is 2. The van der Waals surface area contributed by atoms with Crippen LogP contribution < -0.4 is 5.32 Å². The largest absolute Gasteiger partial charge is 0.393 e. The van der Waals surface area contributed by atoms with Crippen molar-refractivity contribution in [1.29, 1.82) is 0 Å². The summed E-state index contributed by atoms with van der Waals surface area (Å²) >= 11 is 0. The van der Waals surface area contributed by atoms with Gasteiger partial charge in [-0.05, 0) is 69.4 Å². The van der Waals surface area contributed by atoms with Gasteiger partial charge < -0.3 is 10.4 Å². The van der Waals surface area contributed by atoms with Crippen LogP contribution in [0.2, 0.25) is 0 Å². The molecule has 1 aliphatic rings. The summed E-state index contributed by atoms with van der Waals surface area (Å²) in [7, 11) is 0. The molecule has 0 bridgehead atoms. The second kappa shape index (κ2) is 9.73. The zero-order valence-corrected chi connectivity index (χ0v) is 18.1. The summed E-state index contributed by atoms with van der Waals surface area (Å²) in [5.41, 5.74) is 3.89. The van der Waals surface area contributed by atoms with Gasteiger partial charge in [-0.3, -0.25) is 0 Å². The number of nitrogens with one attached hydrogen (secondary N) is 1. The lowest BCUT2D eigenvalue weighted by molar-refractivity contribution is 0.121. The lowest BCUT2D eigenvalue weighted by Crippen LogP contribution is -2.19. The molecule has 0 aromatic carbocycles. The highest BCUT2D eigenvalue weighted by Gasteiger charge is 2.27. The molecular weight excluding hydrogens is 348 g/mol. The Kier molecular flexibility index (Phi) is 7.33. The fourth-order valence-corrected chi connectivity index (χ4v) is 4.57. The standard InChI is InChI=1S/C23H38N4O/c1-5-8-17(9-6-2)20-14-21(18-10-12-19(28)13-11-18)27-22(20)15-24-23(26-27)25-16(4)7-3/h14-19,28H,5-13H2,1-4H3,(H,25,26)/t16-,18-,19-/m0/s1. The maximum absolute atomic E-state index is 9.95. The highest BCUT2D eigenvalue weighted by atomic mass is 16.3. The zero-order chi connectivity index (χ0) is 20.1. The summed E-state index contributed by atoms with van der Waals surface area (Å²) in [6.07, 6.45) is 11.6. The molecule has 1 atom stereocenters. The quantitative estimate of drug-likeness (QED) is 0.585. The molecule has 156 valence electrons. The van der Waals surface area contributed by atoms with Crippen molar-refractivity contribution in [2.75, 3.05) is 5.32 Å². The Hall–Kier alpha value is -1.62. The average Bonchev–Trinajstić information content (AvgIpc) is 3.07. The maximum Gasteiger partial charge on any atom is 0.241 e. The molecule has 2 heterocycles. The van der Waals surface area contributed by atoms with E-state index in [1.54, 1.807) is 0 Å². The Bertz CT molecular complexity index is 742. The van der Waals surface area contributed by atoms with Crippen molar-refractivity contribution < 1.29 is 5.11 Å². The molecule has 0 saturated heterocycles. The third kappa shape index (κ3) is 4.68. The Morgan fingerprint density at radius 3 is 2.43 bits per heavy atom. The molecule has 5 nitrogen and oxygen atoms in total. The molecule has 0 amide bonds. The van der Waals surface area contributed by atoms with Gasteiger partial charge >= 0.3 is 0 Å². The Morgan fingerprint density at radius 2 is 1.82 bits per heavy atom. The number of nitrogens with zero attached hydrogens (tertiary/aromatic N) is 3. The minimum atomic E-state index is -0.132. The summed E-state index contributed by atoms with van der Waals surface area (Å²) in [4.78, 5) is 4.65. The van der Waals surface area contributed by atoms with Crippen LogP contribution in [-0.4, -0.2) is 31.9 Å². The number of hydrogen-bond acceptors (Lipinski definition) is 4. The SMILES string of the molecule is CCCC(CCC)c1cc([C@H]2CC[C@H](O)CC2)n2nc(N[C@@H](C)CC)ncc12. The van der Waals surface area contributed by atoms with Gasteiger partial charge in [-0.1, -0.05) is 33.6 Å². The van der Waals surface area contributed by atoms with E-state index in [2.05, 4.69) is 48.6 Å². The van der Waals surface area contributed by atoms with Gasteiger partial charge in [0.15, 0.2) is 0 Å². The van der Waals surface area contributed by atoms with Crippen molar-refractivity contribution in [2.24, 2.45) is 0 Å². The van der Waals surface area contributed by atoms with E-state index in [4.69, 9.17) is 5.10 Å². The normalized spacial score (nSPS) is 21.4. The summed E-state index contributed by atoms with van der Waals surface area (Å²) < 4.78 is 2.16. The summed E-state index contributed by atoms with van der Waals surface area (Å²) in [5, 5.41) is 18.3. The van der Waals surface area contributed by atoms with E-state index in [9.17, 15) is 5.11 Å². The van der Waals surface area contributed by atoms with Crippen molar-refractivity contribution in [2.45, 2.75) is 109 Å². The molecule has 0 spiro atoms. The lowest BCUT2D eigenvalue weighted by atomic mass is 9.84. The highest BCUT2D eigenvalue weighted by molar-refractivity contribution is 5.58. The molecule has 0 unspecified atom stereocenters. The molecule has 2 N–H and O–H groups in total. The molecular formula is C23H38N4O. The van der Waals surface area contributed by atoms with Crippen LogP contribution in [0.3, 0.4) is 0 Å². The van der Waals surface area contributed by atoms with Crippen LogP contribution in [0.25, 0.3) is 5.52 Å².